The summed E-state index contributed by atoms with van der Waals surface area (Å²) in [5.41, 5.74) is 3.10. The first-order chi connectivity index (χ1) is 10.1. The van der Waals surface area contributed by atoms with Crippen molar-refractivity contribution in [2.75, 3.05) is 26.3 Å². The molecule has 0 radical (unpaired) electrons. The molecule has 1 fully saturated rings. The maximum absolute atomic E-state index is 12.2. The van der Waals surface area contributed by atoms with Crippen LogP contribution in [0.25, 0.3) is 11.0 Å². The number of rotatable bonds is 2. The van der Waals surface area contributed by atoms with Gasteiger partial charge in [0.25, 0.3) is 0 Å². The van der Waals surface area contributed by atoms with Gasteiger partial charge in [0.15, 0.2) is 0 Å². The van der Waals surface area contributed by atoms with E-state index >= 15 is 0 Å². The van der Waals surface area contributed by atoms with Crippen molar-refractivity contribution in [2.45, 2.75) is 19.9 Å². The summed E-state index contributed by atoms with van der Waals surface area (Å²) >= 11 is 0. The second kappa shape index (κ2) is 5.73. The van der Waals surface area contributed by atoms with Crippen LogP contribution in [0, 0.1) is 6.92 Å². The predicted molar refractivity (Wildman–Crippen MR) is 80.2 cm³/mol. The monoisotopic (exact) mass is 288 g/mol. The number of aryl methyl sites for hydroxylation is 1. The van der Waals surface area contributed by atoms with Gasteiger partial charge < -0.3 is 19.9 Å². The highest BCUT2D eigenvalue weighted by Crippen LogP contribution is 2.17. The van der Waals surface area contributed by atoms with E-state index in [-0.39, 0.29) is 12.1 Å². The van der Waals surface area contributed by atoms with Crippen molar-refractivity contribution in [3.8, 4) is 0 Å². The number of carbonyl (C=O) groups is 1. The lowest BCUT2D eigenvalue weighted by molar-refractivity contribution is 0.0526. The molecule has 1 saturated heterocycles. The van der Waals surface area contributed by atoms with Crippen LogP contribution in [0.15, 0.2) is 18.2 Å². The average Bonchev–Trinajstić information content (AvgIpc) is 2.91. The number of urea groups is 1. The summed E-state index contributed by atoms with van der Waals surface area (Å²) in [5, 5.41) is 2.98. The highest BCUT2D eigenvalue weighted by atomic mass is 16.5. The molecule has 21 heavy (non-hydrogen) atoms. The van der Waals surface area contributed by atoms with Gasteiger partial charge in [-0.25, -0.2) is 9.78 Å². The van der Waals surface area contributed by atoms with Gasteiger partial charge in [-0.15, -0.1) is 0 Å². The molecule has 1 aliphatic rings. The van der Waals surface area contributed by atoms with Crippen LogP contribution < -0.4 is 5.32 Å². The number of amides is 2. The zero-order chi connectivity index (χ0) is 14.8. The van der Waals surface area contributed by atoms with Gasteiger partial charge in [-0.3, -0.25) is 0 Å². The lowest BCUT2D eigenvalue weighted by atomic mass is 10.2. The predicted octanol–water partition coefficient (Wildman–Crippen LogP) is 1.97. The highest BCUT2D eigenvalue weighted by molar-refractivity contribution is 5.77. The maximum Gasteiger partial charge on any atom is 0.318 e. The third-order valence-corrected chi connectivity index (χ3v) is 3.70. The van der Waals surface area contributed by atoms with Gasteiger partial charge >= 0.3 is 6.03 Å². The molecular formula is C15H20N4O2. The normalized spacial score (nSPS) is 17.0. The van der Waals surface area contributed by atoms with E-state index in [1.807, 2.05) is 26.0 Å². The Morgan fingerprint density at radius 1 is 1.43 bits per heavy atom. The number of morpholine rings is 1. The summed E-state index contributed by atoms with van der Waals surface area (Å²) in [6.07, 6.45) is 0. The van der Waals surface area contributed by atoms with E-state index in [1.54, 1.807) is 4.90 Å². The molecule has 2 amide bonds. The summed E-state index contributed by atoms with van der Waals surface area (Å²) in [7, 11) is 0. The molecule has 0 unspecified atom stereocenters. The molecule has 2 heterocycles. The number of ether oxygens (including phenoxy) is 1. The molecule has 1 aliphatic heterocycles. The summed E-state index contributed by atoms with van der Waals surface area (Å²) in [4.78, 5) is 21.8. The summed E-state index contributed by atoms with van der Waals surface area (Å²) in [6.45, 7) is 6.46. The molecule has 3 rings (SSSR count). The Hall–Kier alpha value is -2.08. The number of fused-ring (bicyclic) bond motifs is 1. The third-order valence-electron chi connectivity index (χ3n) is 3.70. The molecule has 112 valence electrons. The molecule has 6 heteroatoms. The molecule has 1 aromatic carbocycles. The second-order valence-electron chi connectivity index (χ2n) is 5.41. The zero-order valence-corrected chi connectivity index (χ0v) is 12.3. The minimum absolute atomic E-state index is 0.0672. The number of benzene rings is 1. The molecule has 6 nitrogen and oxygen atoms in total. The molecule has 0 bridgehead atoms. The molecule has 0 aliphatic carbocycles. The largest absolute Gasteiger partial charge is 0.378 e. The maximum atomic E-state index is 12.2. The van der Waals surface area contributed by atoms with Gasteiger partial charge in [0, 0.05) is 13.1 Å². The van der Waals surface area contributed by atoms with E-state index < -0.39 is 0 Å². The summed E-state index contributed by atoms with van der Waals surface area (Å²) in [5.74, 6) is 0.775. The number of hydrogen-bond donors (Lipinski definition) is 2. The number of nitrogens with zero attached hydrogens (tertiary/aromatic N) is 2. The molecule has 1 atom stereocenters. The van der Waals surface area contributed by atoms with Crippen LogP contribution in [0.1, 0.15) is 24.4 Å². The first kappa shape index (κ1) is 13.9. The first-order valence-electron chi connectivity index (χ1n) is 7.23. The molecule has 1 aromatic heterocycles. The number of nitrogens with one attached hydrogen (secondary N) is 2. The Kier molecular flexibility index (Phi) is 3.79. The van der Waals surface area contributed by atoms with Crippen molar-refractivity contribution in [3.05, 3.63) is 29.6 Å². The van der Waals surface area contributed by atoms with Gasteiger partial charge in [0.2, 0.25) is 0 Å². The topological polar surface area (TPSA) is 70.2 Å². The minimum atomic E-state index is -0.159. The van der Waals surface area contributed by atoms with Crippen LogP contribution in [-0.2, 0) is 4.74 Å². The van der Waals surface area contributed by atoms with Crippen LogP contribution in [0.3, 0.4) is 0 Å². The smallest absolute Gasteiger partial charge is 0.318 e. The van der Waals surface area contributed by atoms with Crippen molar-refractivity contribution < 1.29 is 9.53 Å². The number of imidazole rings is 1. The Bertz CT molecular complexity index is 646. The van der Waals surface area contributed by atoms with Gasteiger partial charge in [-0.05, 0) is 31.5 Å². The molecule has 2 aromatic rings. The Labute approximate surface area is 123 Å². The van der Waals surface area contributed by atoms with Gasteiger partial charge in [0.1, 0.15) is 5.82 Å². The fourth-order valence-electron chi connectivity index (χ4n) is 2.46. The van der Waals surface area contributed by atoms with E-state index in [0.717, 1.165) is 16.9 Å². The third kappa shape index (κ3) is 3.00. The molecule has 2 N–H and O–H groups in total. The number of H-pyrrole nitrogens is 1. The van der Waals surface area contributed by atoms with Crippen LogP contribution in [0.4, 0.5) is 4.79 Å². The van der Waals surface area contributed by atoms with Gasteiger partial charge in [-0.2, -0.15) is 0 Å². The average molecular weight is 288 g/mol. The molecule has 0 spiro atoms. The minimum Gasteiger partial charge on any atom is -0.378 e. The lowest BCUT2D eigenvalue weighted by Crippen LogP contribution is -2.46. The Balaban J connectivity index is 1.71. The van der Waals surface area contributed by atoms with E-state index in [4.69, 9.17) is 4.74 Å². The Morgan fingerprint density at radius 2 is 2.19 bits per heavy atom. The zero-order valence-electron chi connectivity index (χ0n) is 12.3. The van der Waals surface area contributed by atoms with Crippen LogP contribution in [0.2, 0.25) is 0 Å². The lowest BCUT2D eigenvalue weighted by Gasteiger charge is -2.28. The number of hydrogen-bond acceptors (Lipinski definition) is 3. The van der Waals surface area contributed by atoms with Crippen LogP contribution in [-0.4, -0.2) is 47.2 Å². The quantitative estimate of drug-likeness (QED) is 0.887. The fraction of sp³-hybridized carbons (Fsp3) is 0.467. The second-order valence-corrected chi connectivity index (χ2v) is 5.41. The summed E-state index contributed by atoms with van der Waals surface area (Å²) < 4.78 is 5.25. The molecular weight excluding hydrogens is 268 g/mol. The number of carbonyl (C=O) groups excluding carboxylic acids is 1. The highest BCUT2D eigenvalue weighted by Gasteiger charge is 2.20. The van der Waals surface area contributed by atoms with Crippen molar-refractivity contribution in [3.63, 3.8) is 0 Å². The van der Waals surface area contributed by atoms with Gasteiger partial charge in [-0.1, -0.05) is 6.07 Å². The number of aromatic amines is 1. The fourth-order valence-corrected chi connectivity index (χ4v) is 2.46. The first-order valence-corrected chi connectivity index (χ1v) is 7.23. The van der Waals surface area contributed by atoms with Crippen LogP contribution >= 0.6 is 0 Å². The number of aromatic nitrogens is 2. The molecule has 0 saturated carbocycles. The van der Waals surface area contributed by atoms with E-state index in [1.165, 1.54) is 5.56 Å². The van der Waals surface area contributed by atoms with Crippen molar-refractivity contribution >= 4 is 17.1 Å². The van der Waals surface area contributed by atoms with Crippen molar-refractivity contribution in [2.24, 2.45) is 0 Å². The van der Waals surface area contributed by atoms with E-state index in [9.17, 15) is 4.79 Å². The Morgan fingerprint density at radius 3 is 2.95 bits per heavy atom. The summed E-state index contributed by atoms with van der Waals surface area (Å²) in [6, 6.07) is 5.85. The SMILES string of the molecule is Cc1ccc2nc([C@H](C)NC(=O)N3CCOCC3)[nH]c2c1. The standard InChI is InChI=1S/C15H20N4O2/c1-10-3-4-12-13(9-10)18-14(17-12)11(2)16-15(20)19-5-7-21-8-6-19/h3-4,9,11H,5-8H2,1-2H3,(H,16,20)(H,17,18)/t11-/m0/s1. The van der Waals surface area contributed by atoms with E-state index in [2.05, 4.69) is 21.4 Å². The van der Waals surface area contributed by atoms with Crippen molar-refractivity contribution in [1.82, 2.24) is 20.2 Å². The van der Waals surface area contributed by atoms with Crippen molar-refractivity contribution in [1.29, 1.82) is 0 Å². The van der Waals surface area contributed by atoms with E-state index in [0.29, 0.717) is 26.3 Å². The van der Waals surface area contributed by atoms with Gasteiger partial charge in [0.05, 0.1) is 30.3 Å². The van der Waals surface area contributed by atoms with Crippen LogP contribution in [0.5, 0.6) is 0 Å².